The Balaban J connectivity index is 1.40. The van der Waals surface area contributed by atoms with E-state index in [1.54, 1.807) is 17.2 Å². The molecule has 166 valence electrons. The largest absolute Gasteiger partial charge is 0.378 e. The average molecular weight is 443 g/mol. The van der Waals surface area contributed by atoms with Gasteiger partial charge >= 0.3 is 0 Å². The van der Waals surface area contributed by atoms with Gasteiger partial charge in [0.2, 0.25) is 0 Å². The van der Waals surface area contributed by atoms with Crippen molar-refractivity contribution in [2.24, 2.45) is 0 Å². The molecule has 1 N–H and O–H groups in total. The van der Waals surface area contributed by atoms with Gasteiger partial charge in [-0.2, -0.15) is 0 Å². The minimum Gasteiger partial charge on any atom is -0.378 e. The second kappa shape index (κ2) is 10.4. The molecule has 0 bridgehead atoms. The normalized spacial score (nSPS) is 19.9. The Labute approximate surface area is 189 Å². The molecule has 2 aliphatic rings. The number of amides is 1. The molecule has 7 heteroatoms. The number of morpholine rings is 1. The van der Waals surface area contributed by atoms with Crippen LogP contribution < -0.4 is 5.32 Å². The third-order valence-electron chi connectivity index (χ3n) is 6.27. The summed E-state index contributed by atoms with van der Waals surface area (Å²) in [7, 11) is 0. The molecule has 4 rings (SSSR count). The molecule has 1 aromatic carbocycles. The van der Waals surface area contributed by atoms with Crippen molar-refractivity contribution in [1.82, 2.24) is 14.8 Å². The number of pyridine rings is 1. The van der Waals surface area contributed by atoms with Crippen LogP contribution in [0.1, 0.15) is 47.7 Å². The summed E-state index contributed by atoms with van der Waals surface area (Å²) in [6.07, 6.45) is 5.48. The van der Waals surface area contributed by atoms with Crippen LogP contribution in [0.15, 0.2) is 36.5 Å². The number of aromatic nitrogens is 1. The first kappa shape index (κ1) is 22.1. The van der Waals surface area contributed by atoms with E-state index in [9.17, 15) is 4.79 Å². The lowest BCUT2D eigenvalue weighted by Crippen LogP contribution is -2.40. The Morgan fingerprint density at radius 2 is 1.97 bits per heavy atom. The van der Waals surface area contributed by atoms with Gasteiger partial charge in [0.15, 0.2) is 0 Å². The fraction of sp³-hybridized carbons (Fsp3) is 0.500. The fourth-order valence-corrected chi connectivity index (χ4v) is 4.54. The number of piperidine rings is 1. The fourth-order valence-electron chi connectivity index (χ4n) is 4.31. The van der Waals surface area contributed by atoms with Crippen LogP contribution >= 0.6 is 11.6 Å². The zero-order chi connectivity index (χ0) is 21.6. The number of nitrogens with zero attached hydrogens (tertiary/aromatic N) is 3. The zero-order valence-corrected chi connectivity index (χ0v) is 18.9. The molecule has 1 atom stereocenters. The number of halogens is 1. The van der Waals surface area contributed by atoms with Crippen LogP contribution in [0.4, 0.5) is 5.82 Å². The Hall–Kier alpha value is -2.15. The summed E-state index contributed by atoms with van der Waals surface area (Å²) < 4.78 is 5.32. The number of ether oxygens (including phenoxy) is 1. The lowest BCUT2D eigenvalue weighted by atomic mass is 10.0. The summed E-state index contributed by atoms with van der Waals surface area (Å²) in [6, 6.07) is 10.9. The predicted octanol–water partition coefficient (Wildman–Crippen LogP) is 4.19. The van der Waals surface area contributed by atoms with Gasteiger partial charge in [0.05, 0.1) is 23.8 Å². The number of benzene rings is 1. The molecule has 0 spiro atoms. The Bertz CT molecular complexity index is 901. The van der Waals surface area contributed by atoms with Crippen molar-refractivity contribution < 1.29 is 9.53 Å². The molecule has 2 fully saturated rings. The van der Waals surface area contributed by atoms with Crippen LogP contribution in [0, 0.1) is 0 Å². The van der Waals surface area contributed by atoms with E-state index in [1.807, 2.05) is 0 Å². The maximum Gasteiger partial charge on any atom is 0.255 e. The molecule has 2 aliphatic heterocycles. The van der Waals surface area contributed by atoms with E-state index in [1.165, 1.54) is 30.4 Å². The van der Waals surface area contributed by atoms with Crippen LogP contribution in [0.2, 0.25) is 5.02 Å². The van der Waals surface area contributed by atoms with Gasteiger partial charge in [0.25, 0.3) is 5.91 Å². The van der Waals surface area contributed by atoms with Gasteiger partial charge in [-0.25, -0.2) is 4.98 Å². The van der Waals surface area contributed by atoms with Crippen LogP contribution in [0.3, 0.4) is 0 Å². The third-order valence-corrected chi connectivity index (χ3v) is 6.55. The first-order valence-corrected chi connectivity index (χ1v) is 11.6. The monoisotopic (exact) mass is 442 g/mol. The Morgan fingerprint density at radius 3 is 2.71 bits per heavy atom. The summed E-state index contributed by atoms with van der Waals surface area (Å²) in [5, 5.41) is 3.82. The van der Waals surface area contributed by atoms with E-state index < -0.39 is 0 Å². The van der Waals surface area contributed by atoms with Crippen molar-refractivity contribution in [3.8, 4) is 0 Å². The number of nitrogens with one attached hydrogen (secondary N) is 1. The van der Waals surface area contributed by atoms with Crippen LogP contribution in [-0.2, 0) is 17.8 Å². The quantitative estimate of drug-likeness (QED) is 0.726. The summed E-state index contributed by atoms with van der Waals surface area (Å²) in [6.45, 7) is 7.43. The molecule has 0 saturated carbocycles. The third kappa shape index (κ3) is 5.56. The number of rotatable bonds is 6. The molecular weight excluding hydrogens is 412 g/mol. The molecule has 3 heterocycles. The molecule has 0 aliphatic carbocycles. The Morgan fingerprint density at radius 1 is 1.19 bits per heavy atom. The van der Waals surface area contributed by atoms with Crippen molar-refractivity contribution in [2.75, 3.05) is 38.2 Å². The molecule has 6 nitrogen and oxygen atoms in total. The van der Waals surface area contributed by atoms with E-state index in [2.05, 4.69) is 46.4 Å². The number of hydrogen-bond acceptors (Lipinski definition) is 5. The zero-order valence-electron chi connectivity index (χ0n) is 18.1. The molecule has 1 aromatic heterocycles. The Kier molecular flexibility index (Phi) is 7.43. The van der Waals surface area contributed by atoms with Crippen molar-refractivity contribution in [3.05, 3.63) is 58.2 Å². The van der Waals surface area contributed by atoms with E-state index in [0.29, 0.717) is 55.3 Å². The highest BCUT2D eigenvalue weighted by molar-refractivity contribution is 6.33. The maximum atomic E-state index is 12.6. The van der Waals surface area contributed by atoms with Gasteiger partial charge in [0.1, 0.15) is 5.82 Å². The standard InChI is InChI=1S/C24H31ClN4O2/c1-18-6-4-5-9-29(18)17-20-8-3-2-7-19(20)15-26-23-22(25)14-21(16-27-23)24(30)28-10-12-31-13-11-28/h2-3,7-8,14,16,18H,4-6,9-13,15,17H2,1H3,(H,26,27). The summed E-state index contributed by atoms with van der Waals surface area (Å²) in [4.78, 5) is 21.4. The van der Waals surface area contributed by atoms with Gasteiger partial charge in [-0.15, -0.1) is 0 Å². The first-order valence-electron chi connectivity index (χ1n) is 11.2. The van der Waals surface area contributed by atoms with Crippen molar-refractivity contribution >= 4 is 23.3 Å². The van der Waals surface area contributed by atoms with Gasteiger partial charge in [-0.3, -0.25) is 9.69 Å². The number of carbonyl (C=O) groups excluding carboxylic acids is 1. The van der Waals surface area contributed by atoms with E-state index in [-0.39, 0.29) is 5.91 Å². The minimum atomic E-state index is -0.0507. The number of carbonyl (C=O) groups is 1. The van der Waals surface area contributed by atoms with Crippen LogP contribution in [0.25, 0.3) is 0 Å². The van der Waals surface area contributed by atoms with Gasteiger partial charge in [-0.05, 0) is 43.5 Å². The van der Waals surface area contributed by atoms with Gasteiger partial charge in [-0.1, -0.05) is 42.3 Å². The summed E-state index contributed by atoms with van der Waals surface area (Å²) >= 11 is 6.46. The lowest BCUT2D eigenvalue weighted by molar-refractivity contribution is 0.0302. The summed E-state index contributed by atoms with van der Waals surface area (Å²) in [5.41, 5.74) is 3.09. The molecule has 31 heavy (non-hydrogen) atoms. The molecule has 0 radical (unpaired) electrons. The van der Waals surface area contributed by atoms with Crippen molar-refractivity contribution in [2.45, 2.75) is 45.3 Å². The molecule has 2 aromatic rings. The molecular formula is C24H31ClN4O2. The number of hydrogen-bond donors (Lipinski definition) is 1. The first-order chi connectivity index (χ1) is 15.1. The minimum absolute atomic E-state index is 0.0507. The van der Waals surface area contributed by atoms with Crippen LogP contribution in [-0.4, -0.2) is 59.6 Å². The molecule has 1 unspecified atom stereocenters. The highest BCUT2D eigenvalue weighted by atomic mass is 35.5. The second-order valence-corrected chi connectivity index (χ2v) is 8.80. The topological polar surface area (TPSA) is 57.7 Å². The highest BCUT2D eigenvalue weighted by Gasteiger charge is 2.21. The average Bonchev–Trinajstić information content (AvgIpc) is 2.80. The lowest BCUT2D eigenvalue weighted by Gasteiger charge is -2.33. The van der Waals surface area contributed by atoms with E-state index in [4.69, 9.17) is 16.3 Å². The van der Waals surface area contributed by atoms with Crippen molar-refractivity contribution in [3.63, 3.8) is 0 Å². The smallest absolute Gasteiger partial charge is 0.255 e. The van der Waals surface area contributed by atoms with E-state index in [0.717, 1.165) is 13.1 Å². The molecule has 1 amide bonds. The van der Waals surface area contributed by atoms with Gasteiger partial charge < -0.3 is 15.0 Å². The predicted molar refractivity (Wildman–Crippen MR) is 123 cm³/mol. The van der Waals surface area contributed by atoms with Crippen LogP contribution in [0.5, 0.6) is 0 Å². The number of anilines is 1. The maximum absolute atomic E-state index is 12.6. The molecule has 2 saturated heterocycles. The van der Waals surface area contributed by atoms with E-state index >= 15 is 0 Å². The highest BCUT2D eigenvalue weighted by Crippen LogP contribution is 2.24. The summed E-state index contributed by atoms with van der Waals surface area (Å²) in [5.74, 6) is 0.548. The SMILES string of the molecule is CC1CCCCN1Cc1ccccc1CNc1ncc(C(=O)N2CCOCC2)cc1Cl. The number of likely N-dealkylation sites (tertiary alicyclic amines) is 1. The van der Waals surface area contributed by atoms with Crippen molar-refractivity contribution in [1.29, 1.82) is 0 Å². The van der Waals surface area contributed by atoms with Gasteiger partial charge in [0, 0.05) is 38.4 Å². The second-order valence-electron chi connectivity index (χ2n) is 8.40.